The van der Waals surface area contributed by atoms with Gasteiger partial charge in [0.25, 0.3) is 0 Å². The lowest BCUT2D eigenvalue weighted by molar-refractivity contribution is -0.271. The third kappa shape index (κ3) is 2.58. The summed E-state index contributed by atoms with van der Waals surface area (Å²) in [6, 6.07) is 4.00. The highest BCUT2D eigenvalue weighted by Crippen LogP contribution is 2.76. The molecule has 6 rings (SSSR count). The molecule has 0 amide bonds. The van der Waals surface area contributed by atoms with Crippen LogP contribution in [0.4, 0.5) is 0 Å². The predicted octanol–water partition coefficient (Wildman–Crippen LogP) is 6.00. The van der Waals surface area contributed by atoms with E-state index < -0.39 is 11.2 Å². The second-order valence-electron chi connectivity index (χ2n) is 14.2. The van der Waals surface area contributed by atoms with Gasteiger partial charge in [0.05, 0.1) is 5.60 Å². The van der Waals surface area contributed by atoms with Crippen LogP contribution in [-0.4, -0.2) is 34.6 Å². The highest BCUT2D eigenvalue weighted by atomic mass is 16.6. The van der Waals surface area contributed by atoms with Crippen molar-refractivity contribution in [3.05, 3.63) is 23.3 Å². The molecule has 1 aromatic rings. The quantitative estimate of drug-likeness (QED) is 0.569. The Bertz CT molecular complexity index is 1020. The minimum absolute atomic E-state index is 0.0144. The van der Waals surface area contributed by atoms with Crippen LogP contribution in [0.2, 0.25) is 0 Å². The van der Waals surface area contributed by atoms with Crippen LogP contribution in [0.1, 0.15) is 91.2 Å². The van der Waals surface area contributed by atoms with Crippen molar-refractivity contribution < 1.29 is 19.7 Å². The standard InChI is InChI=1S/C30H44O4/c1-26(2,3)29(6,32)22-16-27(4)20-15-19-10-11-21(31)24-23(19)30(27,25(34-24)28(22,5)33-7)13-12-18(20)14-17-8-9-17/h10-11,17-18,20,22,25,31-32H,8-9,12-16H2,1-7H3/t18-,20-,22-,25-,27+,28+,29?,30-/m0/s1. The third-order valence-corrected chi connectivity index (χ3v) is 11.9. The first-order valence-corrected chi connectivity index (χ1v) is 13.6. The Morgan fingerprint density at radius 2 is 1.82 bits per heavy atom. The number of aromatic hydroxyl groups is 1. The summed E-state index contributed by atoms with van der Waals surface area (Å²) in [6.45, 7) is 13.1. The fourth-order valence-corrected chi connectivity index (χ4v) is 9.30. The van der Waals surface area contributed by atoms with E-state index in [2.05, 4.69) is 40.7 Å². The summed E-state index contributed by atoms with van der Waals surface area (Å²) in [5.41, 5.74) is 0.506. The molecule has 0 radical (unpaired) electrons. The van der Waals surface area contributed by atoms with Crippen LogP contribution in [-0.2, 0) is 16.6 Å². The van der Waals surface area contributed by atoms with Crippen LogP contribution in [0.15, 0.2) is 12.1 Å². The van der Waals surface area contributed by atoms with Crippen LogP contribution < -0.4 is 4.74 Å². The highest BCUT2D eigenvalue weighted by Gasteiger charge is 2.77. The van der Waals surface area contributed by atoms with Gasteiger partial charge in [0.15, 0.2) is 11.5 Å². The number of phenolic OH excluding ortho intramolecular Hbond substituents is 1. The third-order valence-electron chi connectivity index (χ3n) is 11.9. The maximum absolute atomic E-state index is 12.2. The van der Waals surface area contributed by atoms with E-state index in [1.165, 1.54) is 36.8 Å². The molecule has 2 bridgehead atoms. The molecule has 4 aliphatic carbocycles. The van der Waals surface area contributed by atoms with E-state index in [-0.39, 0.29) is 34.0 Å². The second-order valence-corrected chi connectivity index (χ2v) is 14.2. The molecule has 3 fully saturated rings. The van der Waals surface area contributed by atoms with Crippen molar-refractivity contribution in [2.45, 2.75) is 109 Å². The monoisotopic (exact) mass is 468 g/mol. The highest BCUT2D eigenvalue weighted by molar-refractivity contribution is 5.62. The van der Waals surface area contributed by atoms with Crippen molar-refractivity contribution in [1.82, 2.24) is 0 Å². The van der Waals surface area contributed by atoms with Crippen LogP contribution in [0.3, 0.4) is 0 Å². The zero-order chi connectivity index (χ0) is 24.5. The summed E-state index contributed by atoms with van der Waals surface area (Å²) >= 11 is 0. The van der Waals surface area contributed by atoms with Gasteiger partial charge in [-0.15, -0.1) is 0 Å². The molecule has 1 spiro atoms. The van der Waals surface area contributed by atoms with Crippen LogP contribution in [0.25, 0.3) is 0 Å². The van der Waals surface area contributed by atoms with Gasteiger partial charge >= 0.3 is 0 Å². The lowest BCUT2D eigenvalue weighted by Crippen LogP contribution is -2.76. The van der Waals surface area contributed by atoms with Gasteiger partial charge in [-0.1, -0.05) is 46.6 Å². The minimum atomic E-state index is -0.941. The number of hydrogen-bond acceptors (Lipinski definition) is 4. The molecule has 34 heavy (non-hydrogen) atoms. The SMILES string of the molecule is CO[C@]1(C)[C@@H](C(C)(O)C(C)(C)C)C[C@]2(C)[C@H]3Cc4ccc(O)c5c4[C@@]2(CC[C@H]3CC2CC2)[C@H]1O5. The Kier molecular flexibility index (Phi) is 4.59. The van der Waals surface area contributed by atoms with Crippen LogP contribution >= 0.6 is 0 Å². The Labute approximate surface area is 205 Å². The van der Waals surface area contributed by atoms with E-state index in [4.69, 9.17) is 9.47 Å². The van der Waals surface area contributed by atoms with Gasteiger partial charge in [-0.2, -0.15) is 0 Å². The number of aliphatic hydroxyl groups is 1. The summed E-state index contributed by atoms with van der Waals surface area (Å²) in [5, 5.41) is 23.1. The first kappa shape index (κ1) is 23.2. The number of phenols is 1. The molecule has 3 saturated carbocycles. The smallest absolute Gasteiger partial charge is 0.165 e. The van der Waals surface area contributed by atoms with Gasteiger partial charge < -0.3 is 19.7 Å². The number of rotatable bonds is 4. The first-order chi connectivity index (χ1) is 15.8. The fraction of sp³-hybridized carbons (Fsp3) is 0.800. The van der Waals surface area contributed by atoms with Crippen molar-refractivity contribution in [3.63, 3.8) is 0 Å². The van der Waals surface area contributed by atoms with E-state index in [9.17, 15) is 10.2 Å². The van der Waals surface area contributed by atoms with E-state index in [1.807, 2.05) is 13.0 Å². The van der Waals surface area contributed by atoms with Crippen molar-refractivity contribution >= 4 is 0 Å². The van der Waals surface area contributed by atoms with Crippen molar-refractivity contribution in [2.75, 3.05) is 7.11 Å². The van der Waals surface area contributed by atoms with E-state index in [0.717, 1.165) is 31.1 Å². The molecule has 4 nitrogen and oxygen atoms in total. The van der Waals surface area contributed by atoms with Crippen molar-refractivity contribution in [3.8, 4) is 11.5 Å². The Balaban J connectivity index is 1.59. The molecule has 1 aliphatic heterocycles. The number of methoxy groups -OCH3 is 1. The Hall–Kier alpha value is -1.26. The zero-order valence-electron chi connectivity index (χ0n) is 22.2. The van der Waals surface area contributed by atoms with Crippen LogP contribution in [0, 0.1) is 34.5 Å². The molecule has 8 atom stereocenters. The van der Waals surface area contributed by atoms with Crippen LogP contribution in [0.5, 0.6) is 11.5 Å². The Morgan fingerprint density at radius 1 is 1.12 bits per heavy atom. The molecule has 1 aromatic carbocycles. The first-order valence-electron chi connectivity index (χ1n) is 13.6. The number of benzene rings is 1. The van der Waals surface area contributed by atoms with Crippen molar-refractivity contribution in [1.29, 1.82) is 0 Å². The maximum Gasteiger partial charge on any atom is 0.165 e. The van der Waals surface area contributed by atoms with E-state index in [0.29, 0.717) is 11.7 Å². The average molecular weight is 469 g/mol. The summed E-state index contributed by atoms with van der Waals surface area (Å²) < 4.78 is 13.3. The largest absolute Gasteiger partial charge is 0.504 e. The van der Waals surface area contributed by atoms with Gasteiger partial charge in [-0.25, -0.2) is 0 Å². The lowest BCUT2D eigenvalue weighted by atomic mass is 9.35. The number of ether oxygens (including phenoxy) is 2. The average Bonchev–Trinajstić information content (AvgIpc) is 3.49. The minimum Gasteiger partial charge on any atom is -0.504 e. The maximum atomic E-state index is 12.2. The molecule has 5 aliphatic rings. The Morgan fingerprint density at radius 3 is 2.44 bits per heavy atom. The normalized spacial score (nSPS) is 44.2. The molecule has 4 heteroatoms. The summed E-state index contributed by atoms with van der Waals surface area (Å²) in [5.74, 6) is 3.05. The summed E-state index contributed by atoms with van der Waals surface area (Å²) in [4.78, 5) is 0. The lowest BCUT2D eigenvalue weighted by Gasteiger charge is -2.70. The fourth-order valence-electron chi connectivity index (χ4n) is 9.30. The molecule has 1 unspecified atom stereocenters. The predicted molar refractivity (Wildman–Crippen MR) is 133 cm³/mol. The molecule has 1 heterocycles. The van der Waals surface area contributed by atoms with Gasteiger partial charge in [0.2, 0.25) is 0 Å². The van der Waals surface area contributed by atoms with Crippen molar-refractivity contribution in [2.24, 2.45) is 34.5 Å². The van der Waals surface area contributed by atoms with Gasteiger partial charge in [0, 0.05) is 24.0 Å². The second kappa shape index (κ2) is 6.73. The van der Waals surface area contributed by atoms with Gasteiger partial charge in [-0.05, 0) is 86.2 Å². The molecule has 188 valence electrons. The summed E-state index contributed by atoms with van der Waals surface area (Å²) in [7, 11) is 1.79. The molecule has 2 N–H and O–H groups in total. The van der Waals surface area contributed by atoms with Gasteiger partial charge in [0.1, 0.15) is 11.7 Å². The zero-order valence-corrected chi connectivity index (χ0v) is 22.2. The molecule has 0 aromatic heterocycles. The number of hydrogen-bond donors (Lipinski definition) is 2. The molecule has 0 saturated heterocycles. The summed E-state index contributed by atoms with van der Waals surface area (Å²) in [6.07, 6.45) is 8.20. The van der Waals surface area contributed by atoms with E-state index >= 15 is 0 Å². The van der Waals surface area contributed by atoms with Gasteiger partial charge in [-0.3, -0.25) is 0 Å². The molecular weight excluding hydrogens is 424 g/mol. The topological polar surface area (TPSA) is 58.9 Å². The molecular formula is C30H44O4. The van der Waals surface area contributed by atoms with E-state index in [1.54, 1.807) is 7.11 Å².